The zero-order valence-electron chi connectivity index (χ0n) is 13.5. The Balaban J connectivity index is 1.67. The van der Waals surface area contributed by atoms with Crippen LogP contribution in [0.15, 0.2) is 42.5 Å². The van der Waals surface area contributed by atoms with Gasteiger partial charge in [0, 0.05) is 5.69 Å². The molecule has 0 bridgehead atoms. The molecule has 0 aromatic heterocycles. The van der Waals surface area contributed by atoms with Crippen LogP contribution in [0.4, 0.5) is 5.69 Å². The van der Waals surface area contributed by atoms with Crippen molar-refractivity contribution in [2.24, 2.45) is 0 Å². The van der Waals surface area contributed by atoms with Crippen molar-refractivity contribution in [3.63, 3.8) is 0 Å². The van der Waals surface area contributed by atoms with Crippen molar-refractivity contribution in [2.75, 3.05) is 18.5 Å². The fourth-order valence-corrected chi connectivity index (χ4v) is 2.60. The number of para-hydroxylation sites is 2. The lowest BCUT2D eigenvalue weighted by Gasteiger charge is -2.25. The lowest BCUT2D eigenvalue weighted by atomic mass is 10.2. The highest BCUT2D eigenvalue weighted by molar-refractivity contribution is 6.34. The third-order valence-electron chi connectivity index (χ3n) is 3.53. The molecule has 0 saturated heterocycles. The van der Waals surface area contributed by atoms with Crippen LogP contribution in [0.5, 0.6) is 11.5 Å². The molecule has 1 unspecified atom stereocenters. The molecule has 0 saturated carbocycles. The lowest BCUT2D eigenvalue weighted by molar-refractivity contribution is -0.125. The number of ether oxygens (including phenoxy) is 3. The van der Waals surface area contributed by atoms with Gasteiger partial charge in [-0.05, 0) is 37.3 Å². The number of carbonyl (C=O) groups is 2. The largest absolute Gasteiger partial charge is 0.485 e. The van der Waals surface area contributed by atoms with E-state index in [2.05, 4.69) is 5.32 Å². The second-order valence-corrected chi connectivity index (χ2v) is 5.68. The molecule has 0 spiro atoms. The van der Waals surface area contributed by atoms with Crippen LogP contribution in [0.3, 0.4) is 0 Å². The van der Waals surface area contributed by atoms with Gasteiger partial charge in [-0.2, -0.15) is 0 Å². The van der Waals surface area contributed by atoms with E-state index in [1.807, 2.05) is 6.07 Å². The Morgan fingerprint density at radius 3 is 2.72 bits per heavy atom. The van der Waals surface area contributed by atoms with Crippen LogP contribution in [0.2, 0.25) is 5.02 Å². The summed E-state index contributed by atoms with van der Waals surface area (Å²) in [5.74, 6) is 0.249. The zero-order chi connectivity index (χ0) is 17.8. The first kappa shape index (κ1) is 17.1. The van der Waals surface area contributed by atoms with Crippen LogP contribution >= 0.6 is 11.6 Å². The average molecular weight is 362 g/mol. The molecule has 1 aliphatic heterocycles. The zero-order valence-corrected chi connectivity index (χ0v) is 14.2. The number of benzene rings is 2. The fraction of sp³-hybridized carbons (Fsp3) is 0.222. The van der Waals surface area contributed by atoms with Gasteiger partial charge in [-0.1, -0.05) is 23.7 Å². The van der Waals surface area contributed by atoms with E-state index in [4.69, 9.17) is 25.8 Å². The molecule has 1 atom stereocenters. The Morgan fingerprint density at radius 1 is 1.24 bits per heavy atom. The molecule has 6 nitrogen and oxygen atoms in total. The molecule has 25 heavy (non-hydrogen) atoms. The number of nitrogens with one attached hydrogen (secondary N) is 1. The molecule has 7 heteroatoms. The van der Waals surface area contributed by atoms with E-state index in [0.29, 0.717) is 17.2 Å². The molecule has 130 valence electrons. The molecule has 3 rings (SSSR count). The number of hydrogen-bond donors (Lipinski definition) is 1. The molecule has 2 aromatic rings. The van der Waals surface area contributed by atoms with E-state index in [1.54, 1.807) is 31.2 Å². The maximum atomic E-state index is 12.4. The highest BCUT2D eigenvalue weighted by Crippen LogP contribution is 2.31. The number of carbonyl (C=O) groups excluding carboxylic acids is 2. The second kappa shape index (κ2) is 7.44. The Bertz CT molecular complexity index is 808. The second-order valence-electron chi connectivity index (χ2n) is 5.27. The maximum Gasteiger partial charge on any atom is 0.339 e. The molecular formula is C18H16ClNO5. The van der Waals surface area contributed by atoms with Crippen molar-refractivity contribution < 1.29 is 23.8 Å². The molecule has 0 fully saturated rings. The Hall–Kier alpha value is -2.73. The normalized spacial score (nSPS) is 15.4. The van der Waals surface area contributed by atoms with Gasteiger partial charge < -0.3 is 19.5 Å². The summed E-state index contributed by atoms with van der Waals surface area (Å²) in [4.78, 5) is 24.1. The van der Waals surface area contributed by atoms with E-state index in [1.165, 1.54) is 12.1 Å². The third-order valence-corrected chi connectivity index (χ3v) is 3.85. The minimum Gasteiger partial charge on any atom is -0.485 e. The van der Waals surface area contributed by atoms with Gasteiger partial charge in [-0.3, -0.25) is 4.79 Å². The molecule has 1 amide bonds. The molecule has 1 N–H and O–H groups in total. The number of fused-ring (bicyclic) bond motifs is 1. The van der Waals surface area contributed by atoms with Gasteiger partial charge in [-0.15, -0.1) is 0 Å². The lowest BCUT2D eigenvalue weighted by Crippen LogP contribution is -2.40. The Morgan fingerprint density at radius 2 is 2.00 bits per heavy atom. The van der Waals surface area contributed by atoms with E-state index in [-0.39, 0.29) is 29.7 Å². The van der Waals surface area contributed by atoms with Gasteiger partial charge in [0.05, 0.1) is 17.2 Å². The summed E-state index contributed by atoms with van der Waals surface area (Å²) < 4.78 is 16.1. The highest BCUT2D eigenvalue weighted by Gasteiger charge is 2.27. The van der Waals surface area contributed by atoms with Crippen LogP contribution in [-0.4, -0.2) is 31.2 Å². The Labute approximate surface area is 149 Å². The standard InChI is InChI=1S/C18H16ClNO5/c1-2-23-18(22)12-8-7-11(9-13(12)19)20-17(21)16-10-24-14-5-3-4-6-15(14)25-16/h3-9,16H,2,10H2,1H3,(H,20,21). The quantitative estimate of drug-likeness (QED) is 0.846. The highest BCUT2D eigenvalue weighted by atomic mass is 35.5. The van der Waals surface area contributed by atoms with Crippen molar-refractivity contribution in [1.82, 2.24) is 0 Å². The number of amides is 1. The molecular weight excluding hydrogens is 346 g/mol. The van der Waals surface area contributed by atoms with Crippen LogP contribution in [0.25, 0.3) is 0 Å². The van der Waals surface area contributed by atoms with Crippen molar-refractivity contribution in [3.05, 3.63) is 53.1 Å². The monoisotopic (exact) mass is 361 g/mol. The number of hydrogen-bond acceptors (Lipinski definition) is 5. The van der Waals surface area contributed by atoms with E-state index >= 15 is 0 Å². The summed E-state index contributed by atoms with van der Waals surface area (Å²) in [6.07, 6.45) is -0.779. The van der Waals surface area contributed by atoms with Gasteiger partial charge in [0.15, 0.2) is 11.5 Å². The minimum absolute atomic E-state index is 0.109. The van der Waals surface area contributed by atoms with Crippen molar-refractivity contribution in [1.29, 1.82) is 0 Å². The number of rotatable bonds is 4. The van der Waals surface area contributed by atoms with E-state index < -0.39 is 12.1 Å². The first-order chi connectivity index (χ1) is 12.1. The fourth-order valence-electron chi connectivity index (χ4n) is 2.34. The molecule has 2 aromatic carbocycles. The molecule has 1 aliphatic rings. The summed E-state index contributed by atoms with van der Waals surface area (Å²) in [6, 6.07) is 11.7. The van der Waals surface area contributed by atoms with Crippen LogP contribution in [0, 0.1) is 0 Å². The summed E-state index contributed by atoms with van der Waals surface area (Å²) in [5.41, 5.74) is 0.693. The third kappa shape index (κ3) is 3.85. The van der Waals surface area contributed by atoms with Crippen molar-refractivity contribution in [3.8, 4) is 11.5 Å². The van der Waals surface area contributed by atoms with Crippen molar-refractivity contribution in [2.45, 2.75) is 13.0 Å². The predicted molar refractivity (Wildman–Crippen MR) is 92.4 cm³/mol. The average Bonchev–Trinajstić information content (AvgIpc) is 2.61. The summed E-state index contributed by atoms with van der Waals surface area (Å²) in [6.45, 7) is 2.08. The van der Waals surface area contributed by atoms with Gasteiger partial charge in [0.25, 0.3) is 5.91 Å². The smallest absolute Gasteiger partial charge is 0.339 e. The van der Waals surface area contributed by atoms with Gasteiger partial charge in [0.1, 0.15) is 6.61 Å². The Kier molecular flexibility index (Phi) is 5.09. The SMILES string of the molecule is CCOC(=O)c1ccc(NC(=O)C2COc3ccccc3O2)cc1Cl. The van der Waals surface area contributed by atoms with Gasteiger partial charge in [0.2, 0.25) is 6.10 Å². The number of halogens is 1. The minimum atomic E-state index is -0.779. The first-order valence-electron chi connectivity index (χ1n) is 7.74. The van der Waals surface area contributed by atoms with Crippen LogP contribution in [0.1, 0.15) is 17.3 Å². The summed E-state index contributed by atoms with van der Waals surface area (Å²) >= 11 is 6.09. The topological polar surface area (TPSA) is 73.9 Å². The maximum absolute atomic E-state index is 12.4. The van der Waals surface area contributed by atoms with Crippen molar-refractivity contribution >= 4 is 29.2 Å². The van der Waals surface area contributed by atoms with Gasteiger partial charge in [-0.25, -0.2) is 4.79 Å². The predicted octanol–water partition coefficient (Wildman–Crippen LogP) is 3.30. The summed E-state index contributed by atoms with van der Waals surface area (Å²) in [5, 5.41) is 2.90. The number of anilines is 1. The van der Waals surface area contributed by atoms with E-state index in [0.717, 1.165) is 0 Å². The van der Waals surface area contributed by atoms with E-state index in [9.17, 15) is 9.59 Å². The molecule has 0 radical (unpaired) electrons. The first-order valence-corrected chi connectivity index (χ1v) is 8.12. The van der Waals surface area contributed by atoms with Crippen LogP contribution < -0.4 is 14.8 Å². The summed E-state index contributed by atoms with van der Waals surface area (Å²) in [7, 11) is 0. The van der Waals surface area contributed by atoms with Crippen LogP contribution in [-0.2, 0) is 9.53 Å². The van der Waals surface area contributed by atoms with Gasteiger partial charge >= 0.3 is 5.97 Å². The molecule has 1 heterocycles. The molecule has 0 aliphatic carbocycles. The number of esters is 1.